The van der Waals surface area contributed by atoms with Gasteiger partial charge in [-0.15, -0.1) is 0 Å². The summed E-state index contributed by atoms with van der Waals surface area (Å²) in [5.41, 5.74) is 2.17. The summed E-state index contributed by atoms with van der Waals surface area (Å²) in [7, 11) is 1.64. The largest absolute Gasteiger partial charge is 0.494 e. The van der Waals surface area contributed by atoms with Crippen molar-refractivity contribution in [3.8, 4) is 5.75 Å². The molecule has 0 atom stereocenters. The highest BCUT2D eigenvalue weighted by Crippen LogP contribution is 2.29. The van der Waals surface area contributed by atoms with Gasteiger partial charge in [-0.05, 0) is 30.7 Å². The van der Waals surface area contributed by atoms with Crippen LogP contribution in [0.25, 0.3) is 10.9 Å². The van der Waals surface area contributed by atoms with Gasteiger partial charge in [0.2, 0.25) is 0 Å². The predicted molar refractivity (Wildman–Crippen MR) is 130 cm³/mol. The van der Waals surface area contributed by atoms with E-state index in [0.29, 0.717) is 41.1 Å². The molecule has 1 saturated heterocycles. The second kappa shape index (κ2) is 10.7. The number of hydrogen-bond acceptors (Lipinski definition) is 5. The van der Waals surface area contributed by atoms with Crippen LogP contribution in [0.4, 0.5) is 0 Å². The number of fused-ring (bicyclic) bond motifs is 1. The smallest absolute Gasteiger partial charge is 0.275 e. The maximum absolute atomic E-state index is 13.6. The van der Waals surface area contributed by atoms with Crippen LogP contribution in [0.3, 0.4) is 0 Å². The summed E-state index contributed by atoms with van der Waals surface area (Å²) < 4.78 is 13.0. The van der Waals surface area contributed by atoms with Gasteiger partial charge in [-0.1, -0.05) is 41.4 Å². The molecule has 4 rings (SSSR count). The molecule has 0 aliphatic carbocycles. The van der Waals surface area contributed by atoms with Gasteiger partial charge in [0.15, 0.2) is 5.69 Å². The van der Waals surface area contributed by atoms with Gasteiger partial charge in [0.25, 0.3) is 5.91 Å². The lowest BCUT2D eigenvalue weighted by atomic mass is 10.1. The first kappa shape index (κ1) is 23.8. The van der Waals surface area contributed by atoms with Crippen molar-refractivity contribution >= 4 is 40.0 Å². The Balaban J connectivity index is 1.63. The van der Waals surface area contributed by atoms with Gasteiger partial charge >= 0.3 is 0 Å². The second-order valence-corrected chi connectivity index (χ2v) is 8.76. The Labute approximate surface area is 203 Å². The number of halogens is 2. The molecular formula is C24H28Cl2N4O3. The van der Waals surface area contributed by atoms with E-state index in [1.54, 1.807) is 24.1 Å². The summed E-state index contributed by atoms with van der Waals surface area (Å²) in [6.07, 6.45) is 0. The molecule has 1 fully saturated rings. The van der Waals surface area contributed by atoms with E-state index in [9.17, 15) is 4.79 Å². The molecular weight excluding hydrogens is 463 g/mol. The molecule has 9 heteroatoms. The van der Waals surface area contributed by atoms with E-state index in [4.69, 9.17) is 37.8 Å². The lowest BCUT2D eigenvalue weighted by Crippen LogP contribution is -2.38. The number of morpholine rings is 1. The van der Waals surface area contributed by atoms with Gasteiger partial charge in [0, 0.05) is 38.1 Å². The van der Waals surface area contributed by atoms with E-state index < -0.39 is 0 Å². The lowest BCUT2D eigenvalue weighted by molar-refractivity contribution is 0.0361. The first-order chi connectivity index (χ1) is 16.0. The van der Waals surface area contributed by atoms with Gasteiger partial charge in [-0.25, -0.2) is 0 Å². The number of rotatable bonds is 8. The molecule has 0 radical (unpaired) electrons. The van der Waals surface area contributed by atoms with Crippen LogP contribution in [0.15, 0.2) is 36.4 Å². The molecule has 7 nitrogen and oxygen atoms in total. The van der Waals surface area contributed by atoms with Crippen LogP contribution in [0.1, 0.15) is 23.0 Å². The number of nitrogens with zero attached hydrogens (tertiary/aromatic N) is 4. The standard InChI is InChI=1S/C24H28Cl2N4O3/c1-3-29(16-17-7-8-19(25)20(26)15-17)24(31)22-18-5-4-6-21(32-2)23(18)30(27-22)10-9-28-11-13-33-14-12-28/h4-8,15H,3,9-14,16H2,1-2H3. The topological polar surface area (TPSA) is 59.8 Å². The summed E-state index contributed by atoms with van der Waals surface area (Å²) in [5, 5.41) is 6.52. The van der Waals surface area contributed by atoms with Crippen LogP contribution in [-0.4, -0.2) is 72.0 Å². The van der Waals surface area contributed by atoms with Crippen molar-refractivity contribution in [2.75, 3.05) is 46.5 Å². The summed E-state index contributed by atoms with van der Waals surface area (Å²) in [6.45, 7) is 7.66. The molecule has 1 aromatic heterocycles. The van der Waals surface area contributed by atoms with Crippen molar-refractivity contribution in [2.24, 2.45) is 0 Å². The minimum Gasteiger partial charge on any atom is -0.494 e. The molecule has 3 aromatic rings. The number of para-hydroxylation sites is 1. The van der Waals surface area contributed by atoms with Crippen molar-refractivity contribution in [1.82, 2.24) is 19.6 Å². The first-order valence-corrected chi connectivity index (χ1v) is 11.8. The van der Waals surface area contributed by atoms with Crippen molar-refractivity contribution < 1.29 is 14.3 Å². The number of methoxy groups -OCH3 is 1. The SMILES string of the molecule is CCN(Cc1ccc(Cl)c(Cl)c1)C(=O)c1nn(CCN2CCOCC2)c2c(OC)cccc12. The predicted octanol–water partition coefficient (Wildman–Crippen LogP) is 4.35. The Bertz CT molecular complexity index is 1130. The zero-order valence-corrected chi connectivity index (χ0v) is 20.4. The van der Waals surface area contributed by atoms with Crippen molar-refractivity contribution in [2.45, 2.75) is 20.0 Å². The third-order valence-corrected chi connectivity index (χ3v) is 6.65. The van der Waals surface area contributed by atoms with Crippen LogP contribution in [0.2, 0.25) is 10.0 Å². The Morgan fingerprint density at radius 1 is 1.15 bits per heavy atom. The van der Waals surface area contributed by atoms with E-state index in [2.05, 4.69) is 4.90 Å². The highest BCUT2D eigenvalue weighted by Gasteiger charge is 2.24. The molecule has 2 aromatic carbocycles. The molecule has 0 N–H and O–H groups in total. The summed E-state index contributed by atoms with van der Waals surface area (Å²) in [4.78, 5) is 17.7. The van der Waals surface area contributed by atoms with Crippen molar-refractivity contribution in [3.05, 3.63) is 57.7 Å². The second-order valence-electron chi connectivity index (χ2n) is 7.95. The van der Waals surface area contributed by atoms with Crippen LogP contribution in [0.5, 0.6) is 5.75 Å². The minimum atomic E-state index is -0.132. The van der Waals surface area contributed by atoms with Crippen molar-refractivity contribution in [3.63, 3.8) is 0 Å². The molecule has 0 spiro atoms. The van der Waals surface area contributed by atoms with E-state index in [1.807, 2.05) is 35.9 Å². The fourth-order valence-corrected chi connectivity index (χ4v) is 4.41. The quantitative estimate of drug-likeness (QED) is 0.469. The van der Waals surface area contributed by atoms with Crippen molar-refractivity contribution in [1.29, 1.82) is 0 Å². The normalized spacial score (nSPS) is 14.5. The molecule has 2 heterocycles. The highest BCUT2D eigenvalue weighted by atomic mass is 35.5. The number of hydrogen-bond donors (Lipinski definition) is 0. The summed E-state index contributed by atoms with van der Waals surface area (Å²) in [6, 6.07) is 11.1. The molecule has 0 bridgehead atoms. The Morgan fingerprint density at radius 2 is 1.94 bits per heavy atom. The van der Waals surface area contributed by atoms with Gasteiger partial charge < -0.3 is 14.4 Å². The number of aromatic nitrogens is 2. The van der Waals surface area contributed by atoms with Gasteiger partial charge in [-0.2, -0.15) is 5.10 Å². The number of carbonyl (C=O) groups is 1. The molecule has 0 unspecified atom stereocenters. The zero-order chi connectivity index (χ0) is 23.4. The average molecular weight is 491 g/mol. The highest BCUT2D eigenvalue weighted by molar-refractivity contribution is 6.42. The third-order valence-electron chi connectivity index (χ3n) is 5.91. The molecule has 176 valence electrons. The minimum absolute atomic E-state index is 0.132. The Hall–Kier alpha value is -2.32. The maximum Gasteiger partial charge on any atom is 0.275 e. The molecule has 1 aliphatic rings. The average Bonchev–Trinajstić information content (AvgIpc) is 3.22. The number of carbonyl (C=O) groups excluding carboxylic acids is 1. The van der Waals surface area contributed by atoms with Crippen LogP contribution in [0, 0.1) is 0 Å². The molecule has 33 heavy (non-hydrogen) atoms. The monoisotopic (exact) mass is 490 g/mol. The Kier molecular flexibility index (Phi) is 7.75. The van der Waals surface area contributed by atoms with E-state index in [1.165, 1.54) is 0 Å². The number of ether oxygens (including phenoxy) is 2. The van der Waals surface area contributed by atoms with Gasteiger partial charge in [-0.3, -0.25) is 14.4 Å². The summed E-state index contributed by atoms with van der Waals surface area (Å²) in [5.74, 6) is 0.570. The molecule has 1 amide bonds. The number of benzene rings is 2. The fourth-order valence-electron chi connectivity index (χ4n) is 4.08. The van der Waals surface area contributed by atoms with Crippen LogP contribution in [-0.2, 0) is 17.8 Å². The van der Waals surface area contributed by atoms with E-state index >= 15 is 0 Å². The van der Waals surface area contributed by atoms with Crippen LogP contribution >= 0.6 is 23.2 Å². The van der Waals surface area contributed by atoms with Gasteiger partial charge in [0.1, 0.15) is 11.3 Å². The third kappa shape index (κ3) is 5.27. The first-order valence-electron chi connectivity index (χ1n) is 11.1. The van der Waals surface area contributed by atoms with Crippen LogP contribution < -0.4 is 4.74 Å². The summed E-state index contributed by atoms with van der Waals surface area (Å²) >= 11 is 12.2. The molecule has 0 saturated carbocycles. The Morgan fingerprint density at radius 3 is 2.64 bits per heavy atom. The maximum atomic E-state index is 13.6. The lowest BCUT2D eigenvalue weighted by Gasteiger charge is -2.26. The fraction of sp³-hybridized carbons (Fsp3) is 0.417. The van der Waals surface area contributed by atoms with Gasteiger partial charge in [0.05, 0.1) is 36.9 Å². The zero-order valence-electron chi connectivity index (χ0n) is 18.9. The van der Waals surface area contributed by atoms with E-state index in [0.717, 1.165) is 49.3 Å². The number of amides is 1. The van der Waals surface area contributed by atoms with E-state index in [-0.39, 0.29) is 5.91 Å². The molecule has 1 aliphatic heterocycles.